The van der Waals surface area contributed by atoms with Gasteiger partial charge in [-0.1, -0.05) is 17.7 Å². The van der Waals surface area contributed by atoms with Crippen molar-refractivity contribution < 1.29 is 4.74 Å². The molecule has 2 heteroatoms. The molecule has 0 N–H and O–H groups in total. The summed E-state index contributed by atoms with van der Waals surface area (Å²) in [5.74, 6) is 0.829. The maximum atomic E-state index is 5.70. The standard InChI is InChI=1S/C8H9ClO/c1-2-10-8-5-3-4-7(9)6-8/h3-6H,2H2,1H3. The van der Waals surface area contributed by atoms with Crippen molar-refractivity contribution >= 4 is 11.6 Å². The van der Waals surface area contributed by atoms with Gasteiger partial charge in [0.2, 0.25) is 0 Å². The van der Waals surface area contributed by atoms with Gasteiger partial charge >= 0.3 is 0 Å². The van der Waals surface area contributed by atoms with Crippen LogP contribution in [0.4, 0.5) is 0 Å². The average molecular weight is 157 g/mol. The monoisotopic (exact) mass is 156 g/mol. The molecule has 0 unspecified atom stereocenters. The number of hydrogen-bond donors (Lipinski definition) is 0. The molecule has 0 aliphatic heterocycles. The highest BCUT2D eigenvalue weighted by molar-refractivity contribution is 6.30. The Morgan fingerprint density at radius 3 is 2.90 bits per heavy atom. The molecule has 0 amide bonds. The summed E-state index contributed by atoms with van der Waals surface area (Å²) in [4.78, 5) is 0. The molecule has 0 aromatic heterocycles. The van der Waals surface area contributed by atoms with E-state index in [1.54, 1.807) is 6.07 Å². The summed E-state index contributed by atoms with van der Waals surface area (Å²) >= 11 is 5.70. The van der Waals surface area contributed by atoms with Gasteiger partial charge in [0.1, 0.15) is 5.75 Å². The predicted octanol–water partition coefficient (Wildman–Crippen LogP) is 2.74. The molecule has 0 saturated carbocycles. The minimum absolute atomic E-state index is 0.681. The quantitative estimate of drug-likeness (QED) is 0.640. The fourth-order valence-electron chi connectivity index (χ4n) is 0.723. The summed E-state index contributed by atoms with van der Waals surface area (Å²) < 4.78 is 5.20. The van der Waals surface area contributed by atoms with E-state index in [9.17, 15) is 0 Å². The van der Waals surface area contributed by atoms with Crippen molar-refractivity contribution in [3.05, 3.63) is 29.3 Å². The van der Waals surface area contributed by atoms with Gasteiger partial charge in [-0.05, 0) is 25.1 Å². The zero-order chi connectivity index (χ0) is 7.40. The van der Waals surface area contributed by atoms with Crippen molar-refractivity contribution in [2.45, 2.75) is 6.92 Å². The van der Waals surface area contributed by atoms with Crippen molar-refractivity contribution in [2.24, 2.45) is 0 Å². The van der Waals surface area contributed by atoms with Crippen LogP contribution in [0.5, 0.6) is 5.75 Å². The number of benzene rings is 1. The van der Waals surface area contributed by atoms with Gasteiger partial charge < -0.3 is 4.74 Å². The summed E-state index contributed by atoms with van der Waals surface area (Å²) in [6.45, 7) is 2.63. The average Bonchev–Trinajstić information content (AvgIpc) is 1.88. The minimum atomic E-state index is 0.681. The molecule has 0 atom stereocenters. The lowest BCUT2D eigenvalue weighted by Crippen LogP contribution is -1.89. The molecule has 0 radical (unpaired) electrons. The lowest BCUT2D eigenvalue weighted by atomic mass is 10.3. The molecule has 1 aromatic carbocycles. The predicted molar refractivity (Wildman–Crippen MR) is 42.6 cm³/mol. The van der Waals surface area contributed by atoms with Gasteiger partial charge in [0.25, 0.3) is 0 Å². The normalized spacial score (nSPS) is 9.40. The van der Waals surface area contributed by atoms with E-state index >= 15 is 0 Å². The molecule has 0 fully saturated rings. The molecule has 0 heterocycles. The SMILES string of the molecule is CCOc1cccc(Cl)c1. The van der Waals surface area contributed by atoms with Crippen LogP contribution in [0, 0.1) is 0 Å². The number of hydrogen-bond acceptors (Lipinski definition) is 1. The van der Waals surface area contributed by atoms with E-state index in [2.05, 4.69) is 0 Å². The maximum absolute atomic E-state index is 5.70. The van der Waals surface area contributed by atoms with Crippen molar-refractivity contribution in [3.63, 3.8) is 0 Å². The Kier molecular flexibility index (Phi) is 2.57. The molecule has 54 valence electrons. The molecule has 1 rings (SSSR count). The third-order valence-electron chi connectivity index (χ3n) is 1.11. The molecular formula is C8H9ClO. The summed E-state index contributed by atoms with van der Waals surface area (Å²) in [7, 11) is 0. The van der Waals surface area contributed by atoms with Crippen LogP contribution < -0.4 is 4.74 Å². The Hall–Kier alpha value is -0.690. The Labute approximate surface area is 65.6 Å². The fourth-order valence-corrected chi connectivity index (χ4v) is 0.904. The van der Waals surface area contributed by atoms with Crippen LogP contribution in [0.25, 0.3) is 0 Å². The van der Waals surface area contributed by atoms with E-state index in [1.165, 1.54) is 0 Å². The van der Waals surface area contributed by atoms with Gasteiger partial charge in [0.15, 0.2) is 0 Å². The smallest absolute Gasteiger partial charge is 0.120 e. The summed E-state index contributed by atoms with van der Waals surface area (Å²) in [6, 6.07) is 7.37. The molecule has 1 aromatic rings. The van der Waals surface area contributed by atoms with Gasteiger partial charge in [-0.3, -0.25) is 0 Å². The summed E-state index contributed by atoms with van der Waals surface area (Å²) in [5, 5.41) is 0.714. The van der Waals surface area contributed by atoms with Crippen LogP contribution in [0.1, 0.15) is 6.92 Å². The van der Waals surface area contributed by atoms with Crippen LogP contribution in [0.15, 0.2) is 24.3 Å². The first kappa shape index (κ1) is 7.42. The Morgan fingerprint density at radius 1 is 1.50 bits per heavy atom. The third-order valence-corrected chi connectivity index (χ3v) is 1.34. The van der Waals surface area contributed by atoms with E-state index in [0.717, 1.165) is 5.75 Å². The molecule has 1 nitrogen and oxygen atoms in total. The molecule has 0 saturated heterocycles. The number of rotatable bonds is 2. The van der Waals surface area contributed by atoms with Crippen LogP contribution in [-0.4, -0.2) is 6.61 Å². The second-order valence-electron chi connectivity index (χ2n) is 1.89. The lowest BCUT2D eigenvalue weighted by molar-refractivity contribution is 0.340. The van der Waals surface area contributed by atoms with E-state index in [0.29, 0.717) is 11.6 Å². The van der Waals surface area contributed by atoms with Crippen molar-refractivity contribution in [3.8, 4) is 5.75 Å². The van der Waals surface area contributed by atoms with Crippen LogP contribution in [-0.2, 0) is 0 Å². The largest absolute Gasteiger partial charge is 0.494 e. The minimum Gasteiger partial charge on any atom is -0.494 e. The topological polar surface area (TPSA) is 9.23 Å². The molecule has 0 aliphatic carbocycles. The van der Waals surface area contributed by atoms with Gasteiger partial charge in [0, 0.05) is 5.02 Å². The lowest BCUT2D eigenvalue weighted by Gasteiger charge is -2.00. The van der Waals surface area contributed by atoms with E-state index in [1.807, 2.05) is 25.1 Å². The molecule has 10 heavy (non-hydrogen) atoms. The third kappa shape index (κ3) is 1.92. The van der Waals surface area contributed by atoms with Gasteiger partial charge in [-0.15, -0.1) is 0 Å². The first-order chi connectivity index (χ1) is 4.83. The molecule has 0 aliphatic rings. The first-order valence-electron chi connectivity index (χ1n) is 3.21. The van der Waals surface area contributed by atoms with Crippen molar-refractivity contribution in [1.82, 2.24) is 0 Å². The first-order valence-corrected chi connectivity index (χ1v) is 3.59. The summed E-state index contributed by atoms with van der Waals surface area (Å²) in [5.41, 5.74) is 0. The number of halogens is 1. The van der Waals surface area contributed by atoms with E-state index in [-0.39, 0.29) is 0 Å². The zero-order valence-corrected chi connectivity index (χ0v) is 6.56. The maximum Gasteiger partial charge on any atom is 0.120 e. The Balaban J connectivity index is 2.75. The van der Waals surface area contributed by atoms with Crippen LogP contribution in [0.2, 0.25) is 5.02 Å². The highest BCUT2D eigenvalue weighted by atomic mass is 35.5. The molecule has 0 spiro atoms. The van der Waals surface area contributed by atoms with E-state index in [4.69, 9.17) is 16.3 Å². The van der Waals surface area contributed by atoms with E-state index < -0.39 is 0 Å². The van der Waals surface area contributed by atoms with Crippen molar-refractivity contribution in [1.29, 1.82) is 0 Å². The second kappa shape index (κ2) is 3.47. The highest BCUT2D eigenvalue weighted by Crippen LogP contribution is 2.16. The van der Waals surface area contributed by atoms with Crippen LogP contribution >= 0.6 is 11.6 Å². The van der Waals surface area contributed by atoms with Gasteiger partial charge in [0.05, 0.1) is 6.61 Å². The summed E-state index contributed by atoms with van der Waals surface area (Å²) in [6.07, 6.45) is 0. The zero-order valence-electron chi connectivity index (χ0n) is 5.80. The Morgan fingerprint density at radius 2 is 2.30 bits per heavy atom. The molecular weight excluding hydrogens is 148 g/mol. The molecule has 0 bridgehead atoms. The van der Waals surface area contributed by atoms with Crippen LogP contribution in [0.3, 0.4) is 0 Å². The second-order valence-corrected chi connectivity index (χ2v) is 2.33. The van der Waals surface area contributed by atoms with Gasteiger partial charge in [-0.25, -0.2) is 0 Å². The van der Waals surface area contributed by atoms with Crippen molar-refractivity contribution in [2.75, 3.05) is 6.61 Å². The Bertz CT molecular complexity index is 210. The number of ether oxygens (including phenoxy) is 1. The van der Waals surface area contributed by atoms with Gasteiger partial charge in [-0.2, -0.15) is 0 Å². The fraction of sp³-hybridized carbons (Fsp3) is 0.250. The highest BCUT2D eigenvalue weighted by Gasteiger charge is 1.90.